The molecule has 1 amide bonds. The number of nitrogens with zero attached hydrogens (tertiary/aromatic N) is 1. The Bertz CT molecular complexity index is 977. The van der Waals surface area contributed by atoms with Crippen LogP contribution in [-0.4, -0.2) is 54.1 Å². The summed E-state index contributed by atoms with van der Waals surface area (Å²) in [5.41, 5.74) is 1.40. The third kappa shape index (κ3) is 6.09. The summed E-state index contributed by atoms with van der Waals surface area (Å²) < 4.78 is 38.7. The molecule has 164 valence electrons. The molecule has 0 unspecified atom stereocenters. The van der Waals surface area contributed by atoms with Crippen molar-refractivity contribution in [2.45, 2.75) is 17.9 Å². The van der Waals surface area contributed by atoms with E-state index in [1.807, 2.05) is 24.1 Å². The fourth-order valence-electron chi connectivity index (χ4n) is 2.90. The summed E-state index contributed by atoms with van der Waals surface area (Å²) in [6, 6.07) is 9.39. The van der Waals surface area contributed by atoms with E-state index in [4.69, 9.17) is 19.3 Å². The van der Waals surface area contributed by atoms with Crippen LogP contribution in [0.3, 0.4) is 0 Å². The van der Waals surface area contributed by atoms with Crippen LogP contribution in [0.25, 0.3) is 0 Å². The quantitative estimate of drug-likeness (QED) is 0.582. The highest BCUT2D eigenvalue weighted by atomic mass is 32.2. The molecule has 2 aromatic rings. The van der Waals surface area contributed by atoms with Crippen LogP contribution < -0.4 is 24.7 Å². The van der Waals surface area contributed by atoms with Gasteiger partial charge in [0, 0.05) is 30.8 Å². The van der Waals surface area contributed by atoms with E-state index in [2.05, 4.69) is 5.32 Å². The first-order valence-corrected chi connectivity index (χ1v) is 10.6. The van der Waals surface area contributed by atoms with E-state index in [0.29, 0.717) is 36.0 Å². The van der Waals surface area contributed by atoms with Crippen LogP contribution in [-0.2, 0) is 21.4 Å². The lowest BCUT2D eigenvalue weighted by Gasteiger charge is -2.20. The van der Waals surface area contributed by atoms with Crippen molar-refractivity contribution in [3.05, 3.63) is 42.0 Å². The minimum atomic E-state index is -3.76. The summed E-state index contributed by atoms with van der Waals surface area (Å²) in [6.45, 7) is 1.04. The summed E-state index contributed by atoms with van der Waals surface area (Å²) in [5.74, 6) is 1.49. The van der Waals surface area contributed by atoms with Crippen LogP contribution in [0.4, 0.5) is 5.69 Å². The smallest absolute Gasteiger partial charge is 0.238 e. The molecule has 0 saturated carbocycles. The van der Waals surface area contributed by atoms with Gasteiger partial charge >= 0.3 is 0 Å². The lowest BCUT2D eigenvalue weighted by atomic mass is 10.1. The van der Waals surface area contributed by atoms with Crippen molar-refractivity contribution in [1.29, 1.82) is 0 Å². The number of primary sulfonamides is 1. The van der Waals surface area contributed by atoms with Crippen molar-refractivity contribution in [3.63, 3.8) is 0 Å². The summed E-state index contributed by atoms with van der Waals surface area (Å²) in [6.07, 6.45) is 0.253. The van der Waals surface area contributed by atoms with Gasteiger partial charge in [-0.25, -0.2) is 13.6 Å². The van der Waals surface area contributed by atoms with Crippen LogP contribution in [0.5, 0.6) is 17.2 Å². The number of rotatable bonds is 10. The minimum absolute atomic E-state index is 0.0101. The van der Waals surface area contributed by atoms with Crippen LogP contribution in [0.1, 0.15) is 12.0 Å². The van der Waals surface area contributed by atoms with Gasteiger partial charge in [0.2, 0.25) is 21.7 Å². The largest absolute Gasteiger partial charge is 0.493 e. The van der Waals surface area contributed by atoms with Gasteiger partial charge < -0.3 is 24.4 Å². The van der Waals surface area contributed by atoms with Gasteiger partial charge in [0.1, 0.15) is 0 Å². The van der Waals surface area contributed by atoms with Gasteiger partial charge in [-0.2, -0.15) is 0 Å². The molecule has 0 saturated heterocycles. The standard InChI is InChI=1S/C20H27N3O6S/c1-23(13-14-5-10-17(27-2)20(29-4)19(14)28-3)12-11-18(24)22-15-6-8-16(9-7-15)30(21,25)26/h5-10H,11-13H2,1-4H3,(H,22,24)(H2,21,25,26). The number of hydrogen-bond donors (Lipinski definition) is 2. The Morgan fingerprint density at radius 1 is 1.00 bits per heavy atom. The molecule has 0 aliphatic carbocycles. The Morgan fingerprint density at radius 2 is 1.63 bits per heavy atom. The predicted molar refractivity (Wildman–Crippen MR) is 113 cm³/mol. The van der Waals surface area contributed by atoms with Crippen molar-refractivity contribution < 1.29 is 27.4 Å². The first-order chi connectivity index (χ1) is 14.2. The van der Waals surface area contributed by atoms with E-state index in [1.54, 1.807) is 21.3 Å². The van der Waals surface area contributed by atoms with Crippen molar-refractivity contribution in [2.24, 2.45) is 5.14 Å². The molecule has 30 heavy (non-hydrogen) atoms. The van der Waals surface area contributed by atoms with E-state index >= 15 is 0 Å². The molecule has 0 spiro atoms. The number of nitrogens with two attached hydrogens (primary N) is 1. The maximum atomic E-state index is 12.2. The van der Waals surface area contributed by atoms with E-state index < -0.39 is 10.0 Å². The molecule has 0 fully saturated rings. The van der Waals surface area contributed by atoms with Crippen LogP contribution >= 0.6 is 0 Å². The highest BCUT2D eigenvalue weighted by molar-refractivity contribution is 7.89. The fraction of sp³-hybridized carbons (Fsp3) is 0.350. The third-order valence-electron chi connectivity index (χ3n) is 4.41. The second-order valence-corrected chi connectivity index (χ2v) is 8.16. The molecule has 0 radical (unpaired) electrons. The highest BCUT2D eigenvalue weighted by Gasteiger charge is 2.17. The number of carbonyl (C=O) groups excluding carboxylic acids is 1. The number of hydrogen-bond acceptors (Lipinski definition) is 7. The van der Waals surface area contributed by atoms with Gasteiger partial charge in [-0.3, -0.25) is 4.79 Å². The number of anilines is 1. The Labute approximate surface area is 176 Å². The summed E-state index contributed by atoms with van der Waals surface area (Å²) in [7, 11) is 2.81. The van der Waals surface area contributed by atoms with Crippen LogP contribution in [0.15, 0.2) is 41.3 Å². The molecular formula is C20H27N3O6S. The average molecular weight is 438 g/mol. The zero-order valence-corrected chi connectivity index (χ0v) is 18.3. The molecule has 0 atom stereocenters. The molecule has 2 aromatic carbocycles. The molecule has 0 aliphatic heterocycles. The Hall–Kier alpha value is -2.82. The van der Waals surface area contributed by atoms with Crippen molar-refractivity contribution in [2.75, 3.05) is 40.2 Å². The Balaban J connectivity index is 1.94. The summed E-state index contributed by atoms with van der Waals surface area (Å²) in [4.78, 5) is 14.2. The number of carbonyl (C=O) groups is 1. The molecule has 0 heterocycles. The first kappa shape index (κ1) is 23.5. The van der Waals surface area contributed by atoms with Crippen molar-refractivity contribution in [1.82, 2.24) is 4.90 Å². The summed E-state index contributed by atoms with van der Waals surface area (Å²) in [5, 5.41) is 7.80. The number of nitrogens with one attached hydrogen (secondary N) is 1. The van der Waals surface area contributed by atoms with Crippen molar-refractivity contribution in [3.8, 4) is 17.2 Å². The van der Waals surface area contributed by atoms with Gasteiger partial charge in [0.05, 0.1) is 26.2 Å². The molecule has 3 N–H and O–H groups in total. The first-order valence-electron chi connectivity index (χ1n) is 9.08. The van der Waals surface area contributed by atoms with Crippen LogP contribution in [0, 0.1) is 0 Å². The molecule has 9 nitrogen and oxygen atoms in total. The molecule has 0 aliphatic rings. The predicted octanol–water partition coefficient (Wildman–Crippen LogP) is 1.82. The zero-order valence-electron chi connectivity index (χ0n) is 17.5. The molecular weight excluding hydrogens is 410 g/mol. The zero-order chi connectivity index (χ0) is 22.3. The number of benzene rings is 2. The molecule has 0 bridgehead atoms. The second-order valence-electron chi connectivity index (χ2n) is 6.60. The lowest BCUT2D eigenvalue weighted by molar-refractivity contribution is -0.116. The third-order valence-corrected chi connectivity index (χ3v) is 5.34. The number of amides is 1. The van der Waals surface area contributed by atoms with Gasteiger partial charge in [-0.05, 0) is 37.4 Å². The monoisotopic (exact) mass is 437 g/mol. The Morgan fingerprint density at radius 3 is 2.17 bits per heavy atom. The summed E-state index contributed by atoms with van der Waals surface area (Å²) >= 11 is 0. The van der Waals surface area contributed by atoms with Gasteiger partial charge in [-0.15, -0.1) is 0 Å². The topological polar surface area (TPSA) is 120 Å². The molecule has 10 heteroatoms. The van der Waals surface area contributed by atoms with E-state index in [1.165, 1.54) is 24.3 Å². The molecule has 0 aromatic heterocycles. The van der Waals surface area contributed by atoms with Crippen LogP contribution in [0.2, 0.25) is 0 Å². The maximum absolute atomic E-state index is 12.2. The maximum Gasteiger partial charge on any atom is 0.238 e. The van der Waals surface area contributed by atoms with E-state index in [-0.39, 0.29) is 17.2 Å². The minimum Gasteiger partial charge on any atom is -0.493 e. The average Bonchev–Trinajstić information content (AvgIpc) is 2.71. The Kier molecular flexibility index (Phi) is 8.04. The molecule has 2 rings (SSSR count). The fourth-order valence-corrected chi connectivity index (χ4v) is 3.42. The normalized spacial score (nSPS) is 11.3. The number of sulfonamides is 1. The van der Waals surface area contributed by atoms with Gasteiger partial charge in [0.25, 0.3) is 0 Å². The lowest BCUT2D eigenvalue weighted by Crippen LogP contribution is -2.24. The number of methoxy groups -OCH3 is 3. The van der Waals surface area contributed by atoms with Gasteiger partial charge in [-0.1, -0.05) is 6.07 Å². The van der Waals surface area contributed by atoms with E-state index in [9.17, 15) is 13.2 Å². The number of ether oxygens (including phenoxy) is 3. The van der Waals surface area contributed by atoms with Gasteiger partial charge in [0.15, 0.2) is 11.5 Å². The van der Waals surface area contributed by atoms with Crippen molar-refractivity contribution >= 4 is 21.6 Å². The second kappa shape index (κ2) is 10.3. The van der Waals surface area contributed by atoms with E-state index in [0.717, 1.165) is 5.56 Å². The highest BCUT2D eigenvalue weighted by Crippen LogP contribution is 2.40. The SMILES string of the molecule is COc1ccc(CN(C)CCC(=O)Nc2ccc(S(N)(=O)=O)cc2)c(OC)c1OC.